The van der Waals surface area contributed by atoms with Crippen molar-refractivity contribution in [1.29, 1.82) is 0 Å². The summed E-state index contributed by atoms with van der Waals surface area (Å²) in [6.45, 7) is 3.93. The lowest BCUT2D eigenvalue weighted by Crippen LogP contribution is -2.19. The molecule has 0 atom stereocenters. The Labute approximate surface area is 134 Å². The third kappa shape index (κ3) is 4.50. The molecule has 0 unspecified atom stereocenters. The molecule has 122 valence electrons. The van der Waals surface area contributed by atoms with E-state index in [0.717, 1.165) is 0 Å². The van der Waals surface area contributed by atoms with E-state index in [1.165, 1.54) is 0 Å². The maximum Gasteiger partial charge on any atom is 0.330 e. The quantitative estimate of drug-likeness (QED) is 0.697. The molecule has 9 heteroatoms. The Hall–Kier alpha value is -2.97. The Morgan fingerprint density at radius 3 is 2.00 bits per heavy atom. The van der Waals surface area contributed by atoms with E-state index < -0.39 is 0 Å². The highest BCUT2D eigenvalue weighted by Crippen LogP contribution is 2.20. The second kappa shape index (κ2) is 7.34. The van der Waals surface area contributed by atoms with Crippen LogP contribution >= 0.6 is 0 Å². The number of nitrogens with zero attached hydrogens (tertiary/aromatic N) is 7. The summed E-state index contributed by atoms with van der Waals surface area (Å²) in [6, 6.07) is 3.41. The van der Waals surface area contributed by atoms with Crippen LogP contribution in [-0.2, 0) is 0 Å². The summed E-state index contributed by atoms with van der Waals surface area (Å²) in [4.78, 5) is 16.3. The second-order valence-electron chi connectivity index (χ2n) is 4.92. The van der Waals surface area contributed by atoms with Gasteiger partial charge >= 0.3 is 6.01 Å². The van der Waals surface area contributed by atoms with Crippen molar-refractivity contribution < 1.29 is 9.47 Å². The van der Waals surface area contributed by atoms with E-state index in [4.69, 9.17) is 9.47 Å². The van der Waals surface area contributed by atoms with Crippen molar-refractivity contribution in [1.82, 2.24) is 25.1 Å². The first-order chi connectivity index (χ1) is 11.0. The summed E-state index contributed by atoms with van der Waals surface area (Å²) in [5.41, 5.74) is 0. The zero-order valence-corrected chi connectivity index (χ0v) is 13.6. The molecule has 0 bridgehead atoms. The maximum atomic E-state index is 5.55. The highest BCUT2D eigenvalue weighted by Gasteiger charge is 2.12. The highest BCUT2D eigenvalue weighted by molar-refractivity contribution is 5.38. The molecule has 0 saturated heterocycles. The van der Waals surface area contributed by atoms with Gasteiger partial charge in [-0.25, -0.2) is 0 Å². The normalized spacial score (nSPS) is 10.1. The van der Waals surface area contributed by atoms with Gasteiger partial charge in [0.25, 0.3) is 0 Å². The van der Waals surface area contributed by atoms with E-state index in [2.05, 4.69) is 31.7 Å². The van der Waals surface area contributed by atoms with Gasteiger partial charge < -0.3 is 19.3 Å². The first-order valence-electron chi connectivity index (χ1n) is 6.85. The number of aromatic nitrogens is 5. The zero-order valence-electron chi connectivity index (χ0n) is 13.6. The summed E-state index contributed by atoms with van der Waals surface area (Å²) in [5, 5.41) is 7.81. The number of hydrogen-bond donors (Lipinski definition) is 0. The third-order valence-corrected chi connectivity index (χ3v) is 2.55. The van der Waals surface area contributed by atoms with Crippen LogP contribution in [0.1, 0.15) is 0 Å². The van der Waals surface area contributed by atoms with Crippen molar-refractivity contribution >= 4 is 11.9 Å². The fraction of sp³-hybridized carbons (Fsp3) is 0.357. The van der Waals surface area contributed by atoms with Gasteiger partial charge in [0.05, 0.1) is 0 Å². The van der Waals surface area contributed by atoms with E-state index in [0.29, 0.717) is 24.4 Å². The highest BCUT2D eigenvalue weighted by atomic mass is 16.5. The van der Waals surface area contributed by atoms with Crippen molar-refractivity contribution in [3.63, 3.8) is 0 Å². The van der Waals surface area contributed by atoms with Crippen LogP contribution < -0.4 is 19.3 Å². The third-order valence-electron chi connectivity index (χ3n) is 2.55. The fourth-order valence-electron chi connectivity index (χ4n) is 1.46. The van der Waals surface area contributed by atoms with Crippen LogP contribution in [0.5, 0.6) is 17.8 Å². The molecule has 0 aliphatic heterocycles. The largest absolute Gasteiger partial charge is 0.472 e. The van der Waals surface area contributed by atoms with E-state index in [1.54, 1.807) is 28.0 Å². The fourth-order valence-corrected chi connectivity index (χ4v) is 1.46. The molecule has 0 radical (unpaired) electrons. The molecule has 2 rings (SSSR count). The lowest BCUT2D eigenvalue weighted by Gasteiger charge is -2.15. The molecule has 0 spiro atoms. The van der Waals surface area contributed by atoms with Gasteiger partial charge in [0.2, 0.25) is 23.7 Å². The Kier molecular flexibility index (Phi) is 5.23. The molecule has 0 fully saturated rings. The lowest BCUT2D eigenvalue weighted by atomic mass is 10.5. The van der Waals surface area contributed by atoms with Crippen molar-refractivity contribution in [2.45, 2.75) is 0 Å². The van der Waals surface area contributed by atoms with Gasteiger partial charge in [-0.05, 0) is 0 Å². The number of rotatable bonds is 7. The van der Waals surface area contributed by atoms with Crippen LogP contribution in [0.2, 0.25) is 0 Å². The molecule has 0 amide bonds. The molecule has 2 aromatic heterocycles. The van der Waals surface area contributed by atoms with E-state index in [-0.39, 0.29) is 11.9 Å². The summed E-state index contributed by atoms with van der Waals surface area (Å²) in [7, 11) is 7.35. The smallest absolute Gasteiger partial charge is 0.330 e. The Morgan fingerprint density at radius 1 is 0.957 bits per heavy atom. The van der Waals surface area contributed by atoms with Crippen molar-refractivity contribution in [2.75, 3.05) is 44.6 Å². The van der Waals surface area contributed by atoms with Crippen LogP contribution in [0, 0.1) is 0 Å². The second-order valence-corrected chi connectivity index (χ2v) is 4.92. The minimum atomic E-state index is 0.140. The van der Waals surface area contributed by atoms with Crippen LogP contribution in [0.25, 0.3) is 0 Å². The van der Waals surface area contributed by atoms with Crippen molar-refractivity contribution in [2.24, 2.45) is 0 Å². The van der Waals surface area contributed by atoms with Crippen molar-refractivity contribution in [3.05, 3.63) is 24.8 Å². The van der Waals surface area contributed by atoms with Gasteiger partial charge in [-0.2, -0.15) is 15.0 Å². The predicted molar refractivity (Wildman–Crippen MR) is 86.3 cm³/mol. The first kappa shape index (κ1) is 16.4. The average Bonchev–Trinajstić information content (AvgIpc) is 2.53. The van der Waals surface area contributed by atoms with Crippen LogP contribution in [0.4, 0.5) is 11.9 Å². The molecule has 0 saturated carbocycles. The van der Waals surface area contributed by atoms with Crippen LogP contribution in [0.15, 0.2) is 24.8 Å². The molecule has 0 aliphatic rings. The molecule has 23 heavy (non-hydrogen) atoms. The summed E-state index contributed by atoms with van der Waals surface area (Å²) < 4.78 is 10.8. The van der Waals surface area contributed by atoms with Crippen LogP contribution in [0.3, 0.4) is 0 Å². The molecule has 2 heterocycles. The van der Waals surface area contributed by atoms with Crippen LogP contribution in [-0.4, -0.2) is 59.9 Å². The standard InChI is InChI=1S/C14H19N7O2/c1-6-9-22-10-7-8-11(19-18-10)23-14-16-12(20(2)3)15-13(17-14)21(4)5/h6-8H,1,9H2,2-5H3. The Morgan fingerprint density at radius 2 is 1.52 bits per heavy atom. The van der Waals surface area contributed by atoms with Gasteiger partial charge in [0, 0.05) is 40.3 Å². The first-order valence-corrected chi connectivity index (χ1v) is 6.85. The summed E-state index contributed by atoms with van der Waals surface area (Å²) in [5.74, 6) is 1.61. The number of ether oxygens (including phenoxy) is 2. The predicted octanol–water partition coefficient (Wildman–Crippen LogP) is 1.15. The van der Waals surface area contributed by atoms with E-state index in [9.17, 15) is 0 Å². The van der Waals surface area contributed by atoms with Gasteiger partial charge in [-0.3, -0.25) is 0 Å². The van der Waals surface area contributed by atoms with E-state index in [1.807, 2.05) is 28.2 Å². The number of hydrogen-bond acceptors (Lipinski definition) is 9. The van der Waals surface area contributed by atoms with Crippen molar-refractivity contribution in [3.8, 4) is 17.8 Å². The average molecular weight is 317 g/mol. The van der Waals surface area contributed by atoms with Gasteiger partial charge in [-0.15, -0.1) is 10.2 Å². The monoisotopic (exact) mass is 317 g/mol. The molecular weight excluding hydrogens is 298 g/mol. The molecule has 0 aromatic carbocycles. The molecule has 0 aliphatic carbocycles. The van der Waals surface area contributed by atoms with E-state index >= 15 is 0 Å². The molecular formula is C14H19N7O2. The van der Waals surface area contributed by atoms with Gasteiger partial charge in [-0.1, -0.05) is 12.7 Å². The minimum absolute atomic E-state index is 0.140. The Bertz CT molecular complexity index is 632. The molecule has 2 aromatic rings. The molecule has 9 nitrogen and oxygen atoms in total. The lowest BCUT2D eigenvalue weighted by molar-refractivity contribution is 0.338. The summed E-state index contributed by atoms with van der Waals surface area (Å²) >= 11 is 0. The Balaban J connectivity index is 2.19. The topological polar surface area (TPSA) is 89.4 Å². The maximum absolute atomic E-state index is 5.55. The number of anilines is 2. The minimum Gasteiger partial charge on any atom is -0.472 e. The zero-order chi connectivity index (χ0) is 16.8. The SMILES string of the molecule is C=CCOc1ccc(Oc2nc(N(C)C)nc(N(C)C)n2)nn1. The van der Waals surface area contributed by atoms with Gasteiger partial charge in [0.1, 0.15) is 6.61 Å². The summed E-state index contributed by atoms with van der Waals surface area (Å²) in [6.07, 6.45) is 1.63. The van der Waals surface area contributed by atoms with Gasteiger partial charge in [0.15, 0.2) is 0 Å². The molecule has 0 N–H and O–H groups in total.